The van der Waals surface area contributed by atoms with E-state index < -0.39 is 5.91 Å². The molecule has 1 heterocycles. The zero-order chi connectivity index (χ0) is 14.3. The van der Waals surface area contributed by atoms with Crippen LogP contribution in [0.2, 0.25) is 0 Å². The summed E-state index contributed by atoms with van der Waals surface area (Å²) in [6.45, 7) is 1.94. The van der Waals surface area contributed by atoms with Gasteiger partial charge in [-0.2, -0.15) is 0 Å². The van der Waals surface area contributed by atoms with Gasteiger partial charge in [0.05, 0.1) is 11.3 Å². The van der Waals surface area contributed by atoms with Gasteiger partial charge in [0.2, 0.25) is 0 Å². The van der Waals surface area contributed by atoms with E-state index >= 15 is 0 Å². The second-order valence-corrected chi connectivity index (χ2v) is 5.16. The fourth-order valence-electron chi connectivity index (χ4n) is 2.96. The molecule has 1 aliphatic carbocycles. The minimum absolute atomic E-state index is 0.194. The Morgan fingerprint density at radius 1 is 1.25 bits per heavy atom. The number of carbonyl (C=O) groups excluding carboxylic acids is 2. The maximum Gasteiger partial charge on any atom is 0.250 e. The third kappa shape index (κ3) is 1.84. The van der Waals surface area contributed by atoms with E-state index in [9.17, 15) is 9.59 Å². The summed E-state index contributed by atoms with van der Waals surface area (Å²) in [5.41, 5.74) is 9.44. The molecular weight excluding hydrogens is 252 g/mol. The Balaban J connectivity index is 2.24. The van der Waals surface area contributed by atoms with Crippen LogP contribution < -0.4 is 5.73 Å². The maximum absolute atomic E-state index is 12.1. The number of aryl methyl sites for hydroxylation is 1. The molecule has 0 fully saturated rings. The summed E-state index contributed by atoms with van der Waals surface area (Å²) >= 11 is 0. The molecule has 0 aliphatic heterocycles. The highest BCUT2D eigenvalue weighted by molar-refractivity contribution is 6.00. The maximum atomic E-state index is 12.1. The molecule has 2 aromatic rings. The van der Waals surface area contributed by atoms with Crippen LogP contribution in [0.3, 0.4) is 0 Å². The van der Waals surface area contributed by atoms with Gasteiger partial charge in [-0.05, 0) is 37.5 Å². The fourth-order valence-corrected chi connectivity index (χ4v) is 2.96. The van der Waals surface area contributed by atoms with E-state index in [1.165, 1.54) is 0 Å². The van der Waals surface area contributed by atoms with E-state index in [-0.39, 0.29) is 5.78 Å². The summed E-state index contributed by atoms with van der Waals surface area (Å²) in [4.78, 5) is 23.6. The number of ketones is 1. The number of aromatic nitrogens is 1. The molecule has 3 rings (SSSR count). The molecule has 0 unspecified atom stereocenters. The lowest BCUT2D eigenvalue weighted by Crippen LogP contribution is -2.17. The van der Waals surface area contributed by atoms with Gasteiger partial charge >= 0.3 is 0 Å². The van der Waals surface area contributed by atoms with Crippen molar-refractivity contribution in [1.29, 1.82) is 0 Å². The molecule has 4 nitrogen and oxygen atoms in total. The molecule has 0 atom stereocenters. The van der Waals surface area contributed by atoms with Crippen LogP contribution in [-0.2, 0) is 6.42 Å². The monoisotopic (exact) mass is 268 g/mol. The third-order valence-corrected chi connectivity index (χ3v) is 3.82. The number of fused-ring (bicyclic) bond motifs is 1. The number of nitrogens with zero attached hydrogens (tertiary/aromatic N) is 1. The first kappa shape index (κ1) is 12.7. The molecule has 0 saturated heterocycles. The zero-order valence-corrected chi connectivity index (χ0v) is 11.3. The second-order valence-electron chi connectivity index (χ2n) is 5.16. The Labute approximate surface area is 117 Å². The first-order valence-corrected chi connectivity index (χ1v) is 6.73. The first-order valence-electron chi connectivity index (χ1n) is 6.73. The topological polar surface area (TPSA) is 65.1 Å². The molecule has 102 valence electrons. The van der Waals surface area contributed by atoms with Gasteiger partial charge in [0, 0.05) is 23.9 Å². The number of primary amides is 1. The number of carbonyl (C=O) groups is 2. The Morgan fingerprint density at radius 2 is 2.00 bits per heavy atom. The van der Waals surface area contributed by atoms with Gasteiger partial charge in [0.15, 0.2) is 5.78 Å². The lowest BCUT2D eigenvalue weighted by molar-refractivity contribution is 0.0970. The molecular formula is C16H16N2O2. The molecule has 0 spiro atoms. The Hall–Kier alpha value is -2.36. The van der Waals surface area contributed by atoms with Crippen molar-refractivity contribution in [3.05, 3.63) is 52.8 Å². The van der Waals surface area contributed by atoms with Crippen LogP contribution in [-0.4, -0.2) is 16.3 Å². The normalized spacial score (nSPS) is 14.2. The van der Waals surface area contributed by atoms with Gasteiger partial charge < -0.3 is 10.3 Å². The highest BCUT2D eigenvalue weighted by Gasteiger charge is 2.25. The average molecular weight is 268 g/mol. The lowest BCUT2D eigenvalue weighted by Gasteiger charge is -2.16. The van der Waals surface area contributed by atoms with Crippen LogP contribution >= 0.6 is 0 Å². The molecule has 4 heteroatoms. The predicted molar refractivity (Wildman–Crippen MR) is 76.3 cm³/mol. The number of benzene rings is 1. The van der Waals surface area contributed by atoms with Crippen LogP contribution in [0.5, 0.6) is 0 Å². The second kappa shape index (κ2) is 4.63. The highest BCUT2D eigenvalue weighted by atomic mass is 16.1. The summed E-state index contributed by atoms with van der Waals surface area (Å²) in [6.07, 6.45) is 4.24. The smallest absolute Gasteiger partial charge is 0.250 e. The molecule has 1 amide bonds. The van der Waals surface area contributed by atoms with Crippen molar-refractivity contribution in [3.8, 4) is 5.69 Å². The van der Waals surface area contributed by atoms with Crippen molar-refractivity contribution >= 4 is 11.7 Å². The Morgan fingerprint density at radius 3 is 2.75 bits per heavy atom. The van der Waals surface area contributed by atoms with E-state index in [2.05, 4.69) is 0 Å². The van der Waals surface area contributed by atoms with Crippen molar-refractivity contribution < 1.29 is 9.59 Å². The van der Waals surface area contributed by atoms with E-state index in [1.54, 1.807) is 12.1 Å². The number of hydrogen-bond acceptors (Lipinski definition) is 2. The average Bonchev–Trinajstić information content (AvgIpc) is 2.77. The molecule has 0 radical (unpaired) electrons. The minimum Gasteiger partial charge on any atom is -0.366 e. The summed E-state index contributed by atoms with van der Waals surface area (Å²) in [5.74, 6) is -0.262. The van der Waals surface area contributed by atoms with Gasteiger partial charge in [-0.1, -0.05) is 12.1 Å². The number of amides is 1. The number of hydrogen-bond donors (Lipinski definition) is 1. The van der Waals surface area contributed by atoms with Crippen molar-refractivity contribution in [3.63, 3.8) is 0 Å². The van der Waals surface area contributed by atoms with Crippen LogP contribution in [0.1, 0.15) is 44.8 Å². The van der Waals surface area contributed by atoms with E-state index in [0.717, 1.165) is 35.3 Å². The Bertz CT molecular complexity index is 713. The van der Waals surface area contributed by atoms with Crippen molar-refractivity contribution in [1.82, 2.24) is 4.57 Å². The SMILES string of the molecule is Cc1cn(-c2ccccc2C(N)=O)c2c1C(=O)CCC2. The number of nitrogens with two attached hydrogens (primary N) is 1. The number of Topliss-reactive ketones (excluding diaryl/α,β-unsaturated/α-hetero) is 1. The third-order valence-electron chi connectivity index (χ3n) is 3.82. The molecule has 0 bridgehead atoms. The molecule has 20 heavy (non-hydrogen) atoms. The molecule has 1 aromatic carbocycles. The fraction of sp³-hybridized carbons (Fsp3) is 0.250. The summed E-state index contributed by atoms with van der Waals surface area (Å²) in [7, 11) is 0. The molecule has 0 saturated carbocycles. The van der Waals surface area contributed by atoms with Gasteiger partial charge in [-0.3, -0.25) is 9.59 Å². The van der Waals surface area contributed by atoms with E-state index in [4.69, 9.17) is 5.73 Å². The highest BCUT2D eigenvalue weighted by Crippen LogP contribution is 2.29. The van der Waals surface area contributed by atoms with Crippen LogP contribution in [0, 0.1) is 6.92 Å². The standard InChI is InChI=1S/C16H16N2O2/c1-10-9-18(13-7-4-8-14(19)15(10)13)12-6-3-2-5-11(12)16(17)20/h2-3,5-6,9H,4,7-8H2,1H3,(H2,17,20). The summed E-state index contributed by atoms with van der Waals surface area (Å²) in [6, 6.07) is 7.23. The van der Waals surface area contributed by atoms with Gasteiger partial charge in [0.1, 0.15) is 0 Å². The van der Waals surface area contributed by atoms with E-state index in [0.29, 0.717) is 12.0 Å². The molecule has 2 N–H and O–H groups in total. The van der Waals surface area contributed by atoms with Gasteiger partial charge in [-0.15, -0.1) is 0 Å². The minimum atomic E-state index is -0.456. The molecule has 1 aromatic heterocycles. The molecule has 1 aliphatic rings. The van der Waals surface area contributed by atoms with Crippen molar-refractivity contribution in [2.45, 2.75) is 26.2 Å². The predicted octanol–water partition coefficient (Wildman–Crippen LogP) is 2.40. The van der Waals surface area contributed by atoms with Gasteiger partial charge in [0.25, 0.3) is 5.91 Å². The number of rotatable bonds is 2. The zero-order valence-electron chi connectivity index (χ0n) is 11.3. The summed E-state index contributed by atoms with van der Waals surface area (Å²) in [5, 5.41) is 0. The van der Waals surface area contributed by atoms with Gasteiger partial charge in [-0.25, -0.2) is 0 Å². The number of para-hydroxylation sites is 1. The summed E-state index contributed by atoms with van der Waals surface area (Å²) < 4.78 is 1.95. The first-order chi connectivity index (χ1) is 9.59. The lowest BCUT2D eigenvalue weighted by atomic mass is 9.94. The van der Waals surface area contributed by atoms with Crippen LogP contribution in [0.25, 0.3) is 5.69 Å². The van der Waals surface area contributed by atoms with Crippen LogP contribution in [0.15, 0.2) is 30.5 Å². The Kier molecular flexibility index (Phi) is 2.93. The quantitative estimate of drug-likeness (QED) is 0.909. The van der Waals surface area contributed by atoms with Crippen LogP contribution in [0.4, 0.5) is 0 Å². The largest absolute Gasteiger partial charge is 0.366 e. The van der Waals surface area contributed by atoms with Crippen molar-refractivity contribution in [2.24, 2.45) is 5.73 Å². The van der Waals surface area contributed by atoms with Crippen molar-refractivity contribution in [2.75, 3.05) is 0 Å². The van der Waals surface area contributed by atoms with E-state index in [1.807, 2.05) is 29.8 Å².